The van der Waals surface area contributed by atoms with Gasteiger partial charge < -0.3 is 9.47 Å². The summed E-state index contributed by atoms with van der Waals surface area (Å²) in [5.74, 6) is -0.851. The second-order valence-corrected chi connectivity index (χ2v) is 8.96. The van der Waals surface area contributed by atoms with Crippen molar-refractivity contribution < 1.29 is 24.0 Å². The molecule has 2 rings (SSSR count). The molecule has 0 spiro atoms. The Morgan fingerprint density at radius 1 is 1.13 bits per heavy atom. The van der Waals surface area contributed by atoms with Gasteiger partial charge in [0, 0.05) is 12.1 Å². The molecule has 0 bridgehead atoms. The number of thioether (sulfide) groups is 2. The molecule has 2 atom stereocenters. The summed E-state index contributed by atoms with van der Waals surface area (Å²) >= 11 is 2.69. The van der Waals surface area contributed by atoms with Gasteiger partial charge in [-0.15, -0.1) is 23.5 Å². The summed E-state index contributed by atoms with van der Waals surface area (Å²) in [4.78, 5) is 34.3. The van der Waals surface area contributed by atoms with Crippen molar-refractivity contribution in [3.8, 4) is 5.75 Å². The van der Waals surface area contributed by atoms with Crippen LogP contribution in [0.2, 0.25) is 0 Å². The van der Waals surface area contributed by atoms with E-state index in [2.05, 4.69) is 0 Å². The molecule has 1 aromatic rings. The maximum absolute atomic E-state index is 12.4. The number of nitro groups is 1. The first-order valence-corrected chi connectivity index (χ1v) is 8.39. The summed E-state index contributed by atoms with van der Waals surface area (Å²) in [6.45, 7) is 3.83. The molecule has 0 amide bonds. The van der Waals surface area contributed by atoms with E-state index >= 15 is 0 Å². The molecule has 1 aliphatic rings. The average Bonchev–Trinajstić information content (AvgIpc) is 2.83. The highest BCUT2D eigenvalue weighted by molar-refractivity contribution is 8.22. The third-order valence-corrected chi connectivity index (χ3v) is 6.35. The molecule has 0 aliphatic carbocycles. The number of nitrogens with zero attached hydrogens (tertiary/aromatic N) is 1. The van der Waals surface area contributed by atoms with Crippen LogP contribution in [0.5, 0.6) is 5.75 Å². The molecule has 1 aromatic carbocycles. The van der Waals surface area contributed by atoms with Gasteiger partial charge in [-0.05, 0) is 26.0 Å². The van der Waals surface area contributed by atoms with E-state index in [9.17, 15) is 19.7 Å². The fourth-order valence-corrected chi connectivity index (χ4v) is 5.24. The summed E-state index contributed by atoms with van der Waals surface area (Å²) in [6, 6.07) is 5.20. The number of carbonyl (C=O) groups excluding carboxylic acids is 2. The molecule has 1 saturated heterocycles. The van der Waals surface area contributed by atoms with Gasteiger partial charge >= 0.3 is 11.9 Å². The number of methoxy groups -OCH3 is 1. The van der Waals surface area contributed by atoms with Crippen molar-refractivity contribution in [2.45, 2.75) is 28.4 Å². The third kappa shape index (κ3) is 4.17. The smallest absolute Gasteiger partial charge is 0.326 e. The number of hydrogen-bond donors (Lipinski definition) is 0. The first-order chi connectivity index (χ1) is 10.7. The van der Waals surface area contributed by atoms with Crippen LogP contribution >= 0.6 is 23.5 Å². The Morgan fingerprint density at radius 3 is 2.13 bits per heavy atom. The van der Waals surface area contributed by atoms with E-state index in [0.717, 1.165) is 0 Å². The first-order valence-electron chi connectivity index (χ1n) is 6.63. The molecule has 0 N–H and O–H groups in total. The van der Waals surface area contributed by atoms with E-state index in [-0.39, 0.29) is 15.5 Å². The van der Waals surface area contributed by atoms with Gasteiger partial charge in [-0.2, -0.15) is 0 Å². The Morgan fingerprint density at radius 2 is 1.65 bits per heavy atom. The molecule has 0 saturated carbocycles. The molecule has 1 fully saturated rings. The Balaban J connectivity index is 2.12. The van der Waals surface area contributed by atoms with Gasteiger partial charge in [-0.3, -0.25) is 19.7 Å². The monoisotopic (exact) mass is 357 g/mol. The van der Waals surface area contributed by atoms with Crippen molar-refractivity contribution in [1.29, 1.82) is 0 Å². The second kappa shape index (κ2) is 6.79. The molecule has 1 aliphatic heterocycles. The highest BCUT2D eigenvalue weighted by Gasteiger charge is 2.49. The zero-order valence-corrected chi connectivity index (χ0v) is 14.3. The van der Waals surface area contributed by atoms with E-state index in [0.29, 0.717) is 0 Å². The number of benzene rings is 1. The number of esters is 2. The van der Waals surface area contributed by atoms with Crippen LogP contribution in [0.3, 0.4) is 0 Å². The fraction of sp³-hybridized carbons (Fsp3) is 0.429. The largest absolute Gasteiger partial charge is 0.468 e. The van der Waals surface area contributed by atoms with Crippen LogP contribution in [0.15, 0.2) is 24.3 Å². The summed E-state index contributed by atoms with van der Waals surface area (Å²) in [5.41, 5.74) is -0.0934. The summed E-state index contributed by atoms with van der Waals surface area (Å²) in [7, 11) is 1.28. The Labute approximate surface area is 141 Å². The number of rotatable bonds is 4. The van der Waals surface area contributed by atoms with Crippen molar-refractivity contribution in [3.63, 3.8) is 0 Å². The maximum atomic E-state index is 12.4. The van der Waals surface area contributed by atoms with E-state index in [1.807, 2.05) is 13.8 Å². The molecule has 7 nitrogen and oxygen atoms in total. The van der Waals surface area contributed by atoms with Gasteiger partial charge in [0.05, 0.1) is 16.1 Å². The minimum absolute atomic E-state index is 0.0934. The fourth-order valence-electron chi connectivity index (χ4n) is 2.03. The van der Waals surface area contributed by atoms with E-state index in [1.165, 1.54) is 54.9 Å². The molecule has 2 unspecified atom stereocenters. The number of non-ortho nitro benzene ring substituents is 1. The molecule has 9 heteroatoms. The number of ether oxygens (including phenoxy) is 2. The SMILES string of the molecule is COC(=O)C1SC(C)(C)SC1C(=O)Oc1ccc([N+](=O)[O-])cc1. The lowest BCUT2D eigenvalue weighted by molar-refractivity contribution is -0.384. The van der Waals surface area contributed by atoms with Crippen LogP contribution in [0, 0.1) is 10.1 Å². The van der Waals surface area contributed by atoms with Gasteiger partial charge in [0.2, 0.25) is 0 Å². The molecule has 1 heterocycles. The Kier molecular flexibility index (Phi) is 5.20. The molecule has 23 heavy (non-hydrogen) atoms. The summed E-state index contributed by atoms with van der Waals surface area (Å²) < 4.78 is 9.67. The number of nitro benzene ring substituents is 1. The number of carbonyl (C=O) groups is 2. The predicted octanol–water partition coefficient (Wildman–Crippen LogP) is 2.63. The van der Waals surface area contributed by atoms with Crippen molar-refractivity contribution >= 4 is 41.1 Å². The Bertz CT molecular complexity index is 631. The van der Waals surface area contributed by atoms with Crippen molar-refractivity contribution in [2.24, 2.45) is 0 Å². The molecule has 0 radical (unpaired) electrons. The van der Waals surface area contributed by atoms with Crippen LogP contribution in [0.4, 0.5) is 5.69 Å². The number of hydrogen-bond acceptors (Lipinski definition) is 8. The summed E-state index contributed by atoms with van der Waals surface area (Å²) in [5, 5.41) is 9.26. The van der Waals surface area contributed by atoms with Gasteiger partial charge in [-0.25, -0.2) is 0 Å². The molecule has 0 aromatic heterocycles. The maximum Gasteiger partial charge on any atom is 0.326 e. The highest BCUT2D eigenvalue weighted by Crippen LogP contribution is 2.52. The normalized spacial score (nSPS) is 22.4. The molecule has 124 valence electrons. The van der Waals surface area contributed by atoms with Gasteiger partial charge in [0.15, 0.2) is 0 Å². The quantitative estimate of drug-likeness (QED) is 0.351. The average molecular weight is 357 g/mol. The second-order valence-electron chi connectivity index (χ2n) is 5.17. The lowest BCUT2D eigenvalue weighted by Crippen LogP contribution is -2.35. The van der Waals surface area contributed by atoms with E-state index in [1.54, 1.807) is 0 Å². The van der Waals surface area contributed by atoms with Gasteiger partial charge in [0.1, 0.15) is 16.2 Å². The van der Waals surface area contributed by atoms with Crippen LogP contribution in [0.25, 0.3) is 0 Å². The van der Waals surface area contributed by atoms with Crippen molar-refractivity contribution in [1.82, 2.24) is 0 Å². The molecular formula is C14H15NO6S2. The van der Waals surface area contributed by atoms with Gasteiger partial charge in [-0.1, -0.05) is 0 Å². The van der Waals surface area contributed by atoms with Gasteiger partial charge in [0.25, 0.3) is 5.69 Å². The predicted molar refractivity (Wildman–Crippen MR) is 87.6 cm³/mol. The zero-order valence-electron chi connectivity index (χ0n) is 12.7. The highest BCUT2D eigenvalue weighted by atomic mass is 32.2. The summed E-state index contributed by atoms with van der Waals surface area (Å²) in [6.07, 6.45) is 0. The van der Waals surface area contributed by atoms with Crippen LogP contribution in [-0.4, -0.2) is 38.6 Å². The van der Waals surface area contributed by atoms with Crippen LogP contribution in [-0.2, 0) is 14.3 Å². The Hall–Kier alpha value is -1.74. The van der Waals surface area contributed by atoms with E-state index in [4.69, 9.17) is 9.47 Å². The first kappa shape index (κ1) is 17.6. The molecular weight excluding hydrogens is 342 g/mol. The van der Waals surface area contributed by atoms with Crippen molar-refractivity contribution in [2.75, 3.05) is 7.11 Å². The lowest BCUT2D eigenvalue weighted by Gasteiger charge is -2.14. The zero-order chi connectivity index (χ0) is 17.2. The topological polar surface area (TPSA) is 95.7 Å². The van der Waals surface area contributed by atoms with Crippen LogP contribution in [0.1, 0.15) is 13.8 Å². The third-order valence-electron chi connectivity index (χ3n) is 3.03. The minimum Gasteiger partial charge on any atom is -0.468 e. The van der Waals surface area contributed by atoms with E-state index < -0.39 is 27.4 Å². The minimum atomic E-state index is -0.697. The van der Waals surface area contributed by atoms with Crippen molar-refractivity contribution in [3.05, 3.63) is 34.4 Å². The van der Waals surface area contributed by atoms with Crippen LogP contribution < -0.4 is 4.74 Å². The standard InChI is InChI=1S/C14H15NO6S2/c1-14(2)22-10(12(16)20-3)11(23-14)13(17)21-9-6-4-8(5-7-9)15(18)19/h4-7,10-11H,1-3H3. The lowest BCUT2D eigenvalue weighted by atomic mass is 10.3.